The molecule has 0 bridgehead atoms. The standard InChI is InChI=1S/C26H32N2O7/c1-4-5-6-7-12-8-9-16(29)18-14(12)10-13-11-15-20(28(2)3)22(31)19(25(27)34)24(33)26(15,35)23(32)17(13)21(18)30/h8-9,13,15,17,19-20,29,35H,4-7,10-11H2,1-3H3,(H2,27,34)/t13?,15?,17?,19?,20-,26-/m0/s1. The molecule has 0 saturated heterocycles. The number of carbonyl (C=O) groups is 5. The lowest BCUT2D eigenvalue weighted by Crippen LogP contribution is -2.74. The molecule has 1 aromatic rings. The summed E-state index contributed by atoms with van der Waals surface area (Å²) >= 11 is 0. The van der Waals surface area contributed by atoms with Crippen LogP contribution in [-0.2, 0) is 32.0 Å². The van der Waals surface area contributed by atoms with Gasteiger partial charge in [-0.3, -0.25) is 28.9 Å². The normalized spacial score (nSPS) is 32.3. The number of phenolic OH excluding ortho intramolecular Hbond substituents is 1. The van der Waals surface area contributed by atoms with E-state index in [1.807, 2.05) is 0 Å². The second-order valence-electron chi connectivity index (χ2n) is 10.3. The average molecular weight is 485 g/mol. The highest BCUT2D eigenvalue weighted by atomic mass is 16.3. The molecule has 3 aliphatic rings. The number of benzene rings is 1. The molecule has 35 heavy (non-hydrogen) atoms. The maximum absolute atomic E-state index is 13.7. The van der Waals surface area contributed by atoms with Crippen LogP contribution in [0.3, 0.4) is 0 Å². The third-order valence-electron chi connectivity index (χ3n) is 8.09. The van der Waals surface area contributed by atoms with Crippen molar-refractivity contribution in [1.29, 1.82) is 0 Å². The molecule has 6 atom stereocenters. The highest BCUT2D eigenvalue weighted by Gasteiger charge is 2.69. The number of nitrogens with two attached hydrogens (primary N) is 1. The Hall–Kier alpha value is -2.91. The zero-order chi connectivity index (χ0) is 25.8. The molecule has 4 N–H and O–H groups in total. The van der Waals surface area contributed by atoms with Crippen LogP contribution < -0.4 is 5.73 Å². The van der Waals surface area contributed by atoms with Crippen molar-refractivity contribution in [3.63, 3.8) is 0 Å². The van der Waals surface area contributed by atoms with Gasteiger partial charge in [0.25, 0.3) is 0 Å². The van der Waals surface area contributed by atoms with E-state index in [-0.39, 0.29) is 17.7 Å². The van der Waals surface area contributed by atoms with Crippen molar-refractivity contribution in [3.8, 4) is 5.75 Å². The molecule has 9 nitrogen and oxygen atoms in total. The Kier molecular flexibility index (Phi) is 6.44. The van der Waals surface area contributed by atoms with Crippen LogP contribution in [0.25, 0.3) is 0 Å². The molecule has 9 heteroatoms. The van der Waals surface area contributed by atoms with Crippen molar-refractivity contribution < 1.29 is 34.2 Å². The number of hydrogen-bond donors (Lipinski definition) is 3. The number of unbranched alkanes of at least 4 members (excludes halogenated alkanes) is 2. The highest BCUT2D eigenvalue weighted by Crippen LogP contribution is 2.51. The Balaban J connectivity index is 1.81. The highest BCUT2D eigenvalue weighted by molar-refractivity contribution is 6.32. The largest absolute Gasteiger partial charge is 0.507 e. The summed E-state index contributed by atoms with van der Waals surface area (Å²) in [4.78, 5) is 67.2. The van der Waals surface area contributed by atoms with E-state index in [0.717, 1.165) is 31.2 Å². The zero-order valence-corrected chi connectivity index (χ0v) is 20.2. The SMILES string of the molecule is CCCCCc1ccc(O)c2c1CC1CC3[C@H](N(C)C)C(=O)C(C(N)=O)C(=O)[C@@]3(O)C(=O)C1C2=O. The summed E-state index contributed by atoms with van der Waals surface area (Å²) in [5, 5.41) is 22.1. The summed E-state index contributed by atoms with van der Waals surface area (Å²) in [6.07, 6.45) is 4.05. The minimum absolute atomic E-state index is 0.0607. The molecule has 0 spiro atoms. The van der Waals surface area contributed by atoms with Crippen LogP contribution in [0.15, 0.2) is 12.1 Å². The number of carbonyl (C=O) groups excluding carboxylic acids is 5. The molecule has 0 aromatic heterocycles. The summed E-state index contributed by atoms with van der Waals surface area (Å²) < 4.78 is 0. The summed E-state index contributed by atoms with van der Waals surface area (Å²) in [5.74, 6) is -10.1. The van der Waals surface area contributed by atoms with E-state index in [4.69, 9.17) is 5.73 Å². The molecule has 4 unspecified atom stereocenters. The van der Waals surface area contributed by atoms with E-state index in [0.29, 0.717) is 12.0 Å². The van der Waals surface area contributed by atoms with Crippen LogP contribution >= 0.6 is 0 Å². The summed E-state index contributed by atoms with van der Waals surface area (Å²) in [6.45, 7) is 2.09. The van der Waals surface area contributed by atoms with Gasteiger partial charge in [-0.15, -0.1) is 0 Å². The first-order valence-corrected chi connectivity index (χ1v) is 12.1. The van der Waals surface area contributed by atoms with Gasteiger partial charge < -0.3 is 15.9 Å². The molecular formula is C26H32N2O7. The zero-order valence-electron chi connectivity index (χ0n) is 20.2. The number of aliphatic hydroxyl groups is 1. The molecule has 4 rings (SSSR count). The van der Waals surface area contributed by atoms with Crippen LogP contribution in [-0.4, -0.2) is 69.9 Å². The van der Waals surface area contributed by atoms with Crippen molar-refractivity contribution in [1.82, 2.24) is 4.90 Å². The van der Waals surface area contributed by atoms with Gasteiger partial charge in [0.15, 0.2) is 34.7 Å². The van der Waals surface area contributed by atoms with Crippen molar-refractivity contribution in [2.24, 2.45) is 29.4 Å². The number of phenols is 1. The number of hydrogen-bond acceptors (Lipinski definition) is 8. The van der Waals surface area contributed by atoms with Crippen molar-refractivity contribution >= 4 is 29.0 Å². The van der Waals surface area contributed by atoms with Gasteiger partial charge in [-0.1, -0.05) is 25.8 Å². The molecule has 0 heterocycles. The van der Waals surface area contributed by atoms with Gasteiger partial charge in [-0.05, 0) is 62.9 Å². The number of amides is 1. The van der Waals surface area contributed by atoms with E-state index >= 15 is 0 Å². The molecule has 0 radical (unpaired) electrons. The molecule has 1 amide bonds. The number of ketones is 4. The smallest absolute Gasteiger partial charge is 0.235 e. The number of rotatable bonds is 6. The van der Waals surface area contributed by atoms with Crippen LogP contribution in [0.2, 0.25) is 0 Å². The van der Waals surface area contributed by atoms with Crippen LogP contribution in [0, 0.1) is 23.7 Å². The van der Waals surface area contributed by atoms with E-state index in [1.54, 1.807) is 20.2 Å². The summed E-state index contributed by atoms with van der Waals surface area (Å²) in [6, 6.07) is 2.15. The predicted octanol–water partition coefficient (Wildman–Crippen LogP) is 0.600. The van der Waals surface area contributed by atoms with Crippen molar-refractivity contribution in [2.45, 2.75) is 57.1 Å². The Labute approximate surface area is 203 Å². The van der Waals surface area contributed by atoms with Gasteiger partial charge in [0.05, 0.1) is 17.5 Å². The fourth-order valence-electron chi connectivity index (χ4n) is 6.47. The number of aryl methyl sites for hydroxylation is 1. The van der Waals surface area contributed by atoms with Gasteiger partial charge in [-0.2, -0.15) is 0 Å². The minimum atomic E-state index is -2.69. The van der Waals surface area contributed by atoms with Gasteiger partial charge >= 0.3 is 0 Å². The maximum atomic E-state index is 13.7. The molecule has 0 aliphatic heterocycles. The first kappa shape index (κ1) is 25.2. The topological polar surface area (TPSA) is 155 Å². The maximum Gasteiger partial charge on any atom is 0.235 e. The van der Waals surface area contributed by atoms with Gasteiger partial charge in [-0.25, -0.2) is 0 Å². The fraction of sp³-hybridized carbons (Fsp3) is 0.577. The average Bonchev–Trinajstić information content (AvgIpc) is 2.77. The third-order valence-corrected chi connectivity index (χ3v) is 8.09. The summed E-state index contributed by atoms with van der Waals surface area (Å²) in [5.41, 5.74) is 4.32. The quantitative estimate of drug-likeness (QED) is 0.392. The molecule has 188 valence electrons. The number of Topliss-reactive ketones (excluding diaryl/α,β-unsaturated/α-hetero) is 4. The number of likely N-dealkylation sites (N-methyl/N-ethyl adjacent to an activating group) is 1. The van der Waals surface area contributed by atoms with Gasteiger partial charge in [0, 0.05) is 5.92 Å². The lowest BCUT2D eigenvalue weighted by Gasteiger charge is -2.52. The van der Waals surface area contributed by atoms with Crippen LogP contribution in [0.4, 0.5) is 0 Å². The molecule has 3 aliphatic carbocycles. The Morgan fingerprint density at radius 3 is 2.43 bits per heavy atom. The fourth-order valence-corrected chi connectivity index (χ4v) is 6.47. The van der Waals surface area contributed by atoms with E-state index < -0.39 is 64.4 Å². The number of nitrogens with zero attached hydrogens (tertiary/aromatic N) is 1. The van der Waals surface area contributed by atoms with Crippen molar-refractivity contribution in [2.75, 3.05) is 14.1 Å². The third kappa shape index (κ3) is 3.63. The van der Waals surface area contributed by atoms with E-state index in [1.165, 1.54) is 11.0 Å². The van der Waals surface area contributed by atoms with Crippen LogP contribution in [0.5, 0.6) is 5.75 Å². The molecule has 2 saturated carbocycles. The number of aromatic hydroxyl groups is 1. The number of fused-ring (bicyclic) bond motifs is 3. The van der Waals surface area contributed by atoms with Gasteiger partial charge in [0.2, 0.25) is 5.91 Å². The van der Waals surface area contributed by atoms with Crippen molar-refractivity contribution in [3.05, 3.63) is 28.8 Å². The summed E-state index contributed by atoms with van der Waals surface area (Å²) in [7, 11) is 3.14. The van der Waals surface area contributed by atoms with Crippen LogP contribution in [0.1, 0.15) is 54.1 Å². The second kappa shape index (κ2) is 8.95. The molecular weight excluding hydrogens is 452 g/mol. The Morgan fingerprint density at radius 1 is 1.14 bits per heavy atom. The second-order valence-corrected chi connectivity index (χ2v) is 10.3. The lowest BCUT2D eigenvalue weighted by atomic mass is 9.52. The van der Waals surface area contributed by atoms with E-state index in [2.05, 4.69) is 6.92 Å². The number of primary amides is 1. The first-order valence-electron chi connectivity index (χ1n) is 12.1. The Morgan fingerprint density at radius 2 is 1.83 bits per heavy atom. The first-order chi connectivity index (χ1) is 16.5. The molecule has 2 fully saturated rings. The Bertz CT molecular complexity index is 1130. The predicted molar refractivity (Wildman–Crippen MR) is 125 cm³/mol. The monoisotopic (exact) mass is 484 g/mol. The lowest BCUT2D eigenvalue weighted by molar-refractivity contribution is -0.181. The van der Waals surface area contributed by atoms with Gasteiger partial charge in [0.1, 0.15) is 5.75 Å². The molecule has 1 aromatic carbocycles. The minimum Gasteiger partial charge on any atom is -0.507 e. The van der Waals surface area contributed by atoms with E-state index in [9.17, 15) is 34.2 Å².